The van der Waals surface area contributed by atoms with E-state index in [1.807, 2.05) is 0 Å². The molecule has 2 aliphatic rings. The Balaban J connectivity index is 1.69. The number of ether oxygens (including phenoxy) is 1. The van der Waals surface area contributed by atoms with Gasteiger partial charge in [0, 0.05) is 30.9 Å². The fraction of sp³-hybridized carbons (Fsp3) is 0.600. The topological polar surface area (TPSA) is 24.5 Å². The van der Waals surface area contributed by atoms with Gasteiger partial charge in [-0.15, -0.1) is 13.2 Å². The molecule has 1 aliphatic carbocycles. The Morgan fingerprint density at radius 3 is 2.43 bits per heavy atom. The summed E-state index contributed by atoms with van der Waals surface area (Å²) in [6.07, 6.45) is -2.09. The zero-order valence-corrected chi connectivity index (χ0v) is 11.9. The van der Waals surface area contributed by atoms with Gasteiger partial charge >= 0.3 is 6.36 Å². The first-order valence-corrected chi connectivity index (χ1v) is 7.28. The van der Waals surface area contributed by atoms with Crippen LogP contribution < -0.4 is 15.0 Å². The van der Waals surface area contributed by atoms with E-state index >= 15 is 0 Å². The first kappa shape index (κ1) is 14.5. The summed E-state index contributed by atoms with van der Waals surface area (Å²) in [7, 11) is 0. The molecule has 0 spiro atoms. The number of rotatable bonds is 3. The van der Waals surface area contributed by atoms with Crippen molar-refractivity contribution < 1.29 is 17.9 Å². The zero-order chi connectivity index (χ0) is 15.0. The molecule has 116 valence electrons. The maximum atomic E-state index is 12.2. The van der Waals surface area contributed by atoms with E-state index in [1.165, 1.54) is 25.0 Å². The van der Waals surface area contributed by atoms with Gasteiger partial charge in [-0.2, -0.15) is 0 Å². The van der Waals surface area contributed by atoms with Crippen molar-refractivity contribution in [1.82, 2.24) is 5.32 Å². The van der Waals surface area contributed by atoms with E-state index in [4.69, 9.17) is 0 Å². The van der Waals surface area contributed by atoms with Crippen molar-refractivity contribution in [3.8, 4) is 5.75 Å². The highest BCUT2D eigenvalue weighted by atomic mass is 19.4. The van der Waals surface area contributed by atoms with Crippen molar-refractivity contribution in [3.63, 3.8) is 0 Å². The molecule has 1 aromatic rings. The Morgan fingerprint density at radius 2 is 1.86 bits per heavy atom. The minimum absolute atomic E-state index is 0.173. The summed E-state index contributed by atoms with van der Waals surface area (Å²) in [6, 6.07) is 6.98. The SMILES string of the molecule is CC1CNC(C2CC2)CN1c1ccc(OC(F)(F)F)cc1. The van der Waals surface area contributed by atoms with Crippen LogP contribution >= 0.6 is 0 Å². The van der Waals surface area contributed by atoms with Crippen LogP contribution in [0.25, 0.3) is 0 Å². The van der Waals surface area contributed by atoms with Crippen LogP contribution in [-0.2, 0) is 0 Å². The van der Waals surface area contributed by atoms with Gasteiger partial charge in [0.15, 0.2) is 0 Å². The van der Waals surface area contributed by atoms with Crippen LogP contribution in [0.1, 0.15) is 19.8 Å². The van der Waals surface area contributed by atoms with Crippen molar-refractivity contribution in [3.05, 3.63) is 24.3 Å². The normalized spacial score (nSPS) is 26.8. The maximum absolute atomic E-state index is 12.2. The van der Waals surface area contributed by atoms with Gasteiger partial charge in [-0.25, -0.2) is 0 Å². The number of hydrogen-bond donors (Lipinski definition) is 1. The molecule has 3 rings (SSSR count). The number of hydrogen-bond acceptors (Lipinski definition) is 3. The smallest absolute Gasteiger partial charge is 0.406 e. The lowest BCUT2D eigenvalue weighted by Crippen LogP contribution is -2.56. The molecule has 2 atom stereocenters. The first-order valence-electron chi connectivity index (χ1n) is 7.28. The third-order valence-electron chi connectivity index (χ3n) is 4.19. The third-order valence-corrected chi connectivity index (χ3v) is 4.19. The molecule has 1 saturated heterocycles. The van der Waals surface area contributed by atoms with Crippen molar-refractivity contribution >= 4 is 5.69 Å². The molecule has 0 bridgehead atoms. The van der Waals surface area contributed by atoms with Crippen LogP contribution in [-0.4, -0.2) is 31.5 Å². The molecular formula is C15H19F3N2O. The number of benzene rings is 1. The maximum Gasteiger partial charge on any atom is 0.573 e. The van der Waals surface area contributed by atoms with E-state index in [0.717, 1.165) is 24.7 Å². The molecule has 2 unspecified atom stereocenters. The van der Waals surface area contributed by atoms with Gasteiger partial charge < -0.3 is 15.0 Å². The number of nitrogens with zero attached hydrogens (tertiary/aromatic N) is 1. The van der Waals surface area contributed by atoms with Crippen molar-refractivity contribution in [2.24, 2.45) is 5.92 Å². The van der Waals surface area contributed by atoms with Gasteiger partial charge in [0.1, 0.15) is 5.75 Å². The number of halogens is 3. The summed E-state index contributed by atoms with van der Waals surface area (Å²) in [5.41, 5.74) is 0.948. The van der Waals surface area contributed by atoms with E-state index in [2.05, 4.69) is 21.9 Å². The second kappa shape index (κ2) is 5.40. The van der Waals surface area contributed by atoms with Gasteiger partial charge in [0.25, 0.3) is 0 Å². The predicted molar refractivity (Wildman–Crippen MR) is 74.4 cm³/mol. The van der Waals surface area contributed by atoms with E-state index in [-0.39, 0.29) is 5.75 Å². The van der Waals surface area contributed by atoms with Crippen molar-refractivity contribution in [1.29, 1.82) is 0 Å². The van der Waals surface area contributed by atoms with E-state index in [9.17, 15) is 13.2 Å². The summed E-state index contributed by atoms with van der Waals surface area (Å²) in [6.45, 7) is 3.93. The first-order chi connectivity index (χ1) is 9.92. The summed E-state index contributed by atoms with van der Waals surface area (Å²) in [5.74, 6) is 0.584. The van der Waals surface area contributed by atoms with Crippen LogP contribution in [0.4, 0.5) is 18.9 Å². The van der Waals surface area contributed by atoms with Gasteiger partial charge in [-0.3, -0.25) is 0 Å². The number of alkyl halides is 3. The van der Waals surface area contributed by atoms with Gasteiger partial charge in [-0.1, -0.05) is 0 Å². The van der Waals surface area contributed by atoms with Crippen LogP contribution in [0.2, 0.25) is 0 Å². The molecule has 3 nitrogen and oxygen atoms in total. The molecule has 1 aliphatic heterocycles. The van der Waals surface area contributed by atoms with Crippen LogP contribution in [0.15, 0.2) is 24.3 Å². The Morgan fingerprint density at radius 1 is 1.19 bits per heavy atom. The molecule has 6 heteroatoms. The molecule has 1 heterocycles. The Labute approximate surface area is 122 Å². The monoisotopic (exact) mass is 300 g/mol. The highest BCUT2D eigenvalue weighted by Crippen LogP contribution is 2.35. The third kappa shape index (κ3) is 3.61. The molecule has 21 heavy (non-hydrogen) atoms. The van der Waals surface area contributed by atoms with Crippen molar-refractivity contribution in [2.75, 3.05) is 18.0 Å². The van der Waals surface area contributed by atoms with Gasteiger partial charge in [0.05, 0.1) is 0 Å². The minimum atomic E-state index is -4.64. The highest BCUT2D eigenvalue weighted by molar-refractivity contribution is 5.50. The summed E-state index contributed by atoms with van der Waals surface area (Å²) >= 11 is 0. The number of piperazine rings is 1. The molecule has 2 fully saturated rings. The molecule has 0 amide bonds. The standard InChI is InChI=1S/C15H19F3N2O/c1-10-8-19-14(11-2-3-11)9-20(10)12-4-6-13(7-5-12)21-15(16,17)18/h4-7,10-11,14,19H,2-3,8-9H2,1H3. The zero-order valence-electron chi connectivity index (χ0n) is 11.9. The lowest BCUT2D eigenvalue weighted by Gasteiger charge is -2.40. The van der Waals surface area contributed by atoms with Gasteiger partial charge in [-0.05, 0) is 49.9 Å². The molecule has 1 aromatic carbocycles. The second-order valence-corrected chi connectivity index (χ2v) is 5.90. The fourth-order valence-corrected chi connectivity index (χ4v) is 2.90. The second-order valence-electron chi connectivity index (χ2n) is 5.90. The van der Waals surface area contributed by atoms with E-state index in [0.29, 0.717) is 12.1 Å². The van der Waals surface area contributed by atoms with Crippen LogP contribution in [0, 0.1) is 5.92 Å². The van der Waals surface area contributed by atoms with Crippen LogP contribution in [0.3, 0.4) is 0 Å². The van der Waals surface area contributed by atoms with E-state index in [1.54, 1.807) is 12.1 Å². The average Bonchev–Trinajstić information content (AvgIpc) is 3.23. The summed E-state index contributed by atoms with van der Waals surface area (Å²) in [5, 5.41) is 3.56. The molecule has 0 radical (unpaired) electrons. The Bertz CT molecular complexity index is 485. The largest absolute Gasteiger partial charge is 0.573 e. The van der Waals surface area contributed by atoms with Crippen LogP contribution in [0.5, 0.6) is 5.75 Å². The number of anilines is 1. The molecular weight excluding hydrogens is 281 g/mol. The lowest BCUT2D eigenvalue weighted by atomic mass is 10.1. The number of nitrogens with one attached hydrogen (secondary N) is 1. The predicted octanol–water partition coefficient (Wildman–Crippen LogP) is 3.16. The summed E-state index contributed by atoms with van der Waals surface area (Å²) < 4.78 is 40.4. The lowest BCUT2D eigenvalue weighted by molar-refractivity contribution is -0.274. The van der Waals surface area contributed by atoms with Crippen molar-refractivity contribution in [2.45, 2.75) is 38.2 Å². The Hall–Kier alpha value is -1.43. The quantitative estimate of drug-likeness (QED) is 0.928. The van der Waals surface area contributed by atoms with E-state index < -0.39 is 6.36 Å². The molecule has 1 N–H and O–H groups in total. The average molecular weight is 300 g/mol. The molecule has 1 saturated carbocycles. The highest BCUT2D eigenvalue weighted by Gasteiger charge is 2.36. The van der Waals surface area contributed by atoms with Gasteiger partial charge in [0.2, 0.25) is 0 Å². The fourth-order valence-electron chi connectivity index (χ4n) is 2.90. The minimum Gasteiger partial charge on any atom is -0.406 e. The molecule has 0 aromatic heterocycles. The Kier molecular flexibility index (Phi) is 3.73. The summed E-state index contributed by atoms with van der Waals surface area (Å²) in [4.78, 5) is 2.26.